The lowest BCUT2D eigenvalue weighted by Crippen LogP contribution is -2.51. The van der Waals surface area contributed by atoms with Crippen LogP contribution >= 0.6 is 0 Å². The van der Waals surface area contributed by atoms with E-state index in [0.29, 0.717) is 26.4 Å². The molecule has 0 bridgehead atoms. The van der Waals surface area contributed by atoms with Gasteiger partial charge in [0.1, 0.15) is 6.04 Å². The second-order valence-corrected chi connectivity index (χ2v) is 3.79. The topological polar surface area (TPSA) is 59.6 Å². The fourth-order valence-corrected chi connectivity index (χ4v) is 1.33. The van der Waals surface area contributed by atoms with E-state index in [2.05, 4.69) is 10.6 Å². The molecule has 15 heavy (non-hydrogen) atoms. The third-order valence-corrected chi connectivity index (χ3v) is 2.09. The minimum atomic E-state index is -0.210. The lowest BCUT2D eigenvalue weighted by molar-refractivity contribution is -0.126. The third kappa shape index (κ3) is 5.11. The number of hydrogen-bond acceptors (Lipinski definition) is 4. The third-order valence-electron chi connectivity index (χ3n) is 2.09. The van der Waals surface area contributed by atoms with Crippen LogP contribution in [-0.4, -0.2) is 51.0 Å². The summed E-state index contributed by atoms with van der Waals surface area (Å²) >= 11 is 0. The molecular formula is C10H20N2O3. The molecule has 88 valence electrons. The van der Waals surface area contributed by atoms with Gasteiger partial charge in [-0.1, -0.05) is 0 Å². The fourth-order valence-electron chi connectivity index (χ4n) is 1.33. The van der Waals surface area contributed by atoms with Gasteiger partial charge in [0, 0.05) is 13.1 Å². The summed E-state index contributed by atoms with van der Waals surface area (Å²) in [6.45, 7) is 6.92. The Bertz CT molecular complexity index is 191. The lowest BCUT2D eigenvalue weighted by Gasteiger charge is -2.22. The number of rotatable bonds is 5. The number of hydrogen-bond donors (Lipinski definition) is 2. The van der Waals surface area contributed by atoms with Gasteiger partial charge in [-0.25, -0.2) is 0 Å². The van der Waals surface area contributed by atoms with E-state index >= 15 is 0 Å². The van der Waals surface area contributed by atoms with Crippen LogP contribution in [0, 0.1) is 0 Å². The Hall–Kier alpha value is -0.650. The Morgan fingerprint density at radius 2 is 2.47 bits per heavy atom. The van der Waals surface area contributed by atoms with Gasteiger partial charge in [0.25, 0.3) is 0 Å². The van der Waals surface area contributed by atoms with Crippen LogP contribution in [0.15, 0.2) is 0 Å². The molecule has 1 atom stereocenters. The molecule has 0 aromatic heterocycles. The Labute approximate surface area is 90.5 Å². The summed E-state index contributed by atoms with van der Waals surface area (Å²) in [7, 11) is 0. The zero-order chi connectivity index (χ0) is 11.1. The van der Waals surface area contributed by atoms with Crippen molar-refractivity contribution in [3.63, 3.8) is 0 Å². The molecule has 0 aromatic rings. The summed E-state index contributed by atoms with van der Waals surface area (Å²) in [5.41, 5.74) is 0. The summed E-state index contributed by atoms with van der Waals surface area (Å²) in [6.07, 6.45) is 0.207. The average Bonchev–Trinajstić information content (AvgIpc) is 2.25. The maximum Gasteiger partial charge on any atom is 0.239 e. The first kappa shape index (κ1) is 12.4. The van der Waals surface area contributed by atoms with Gasteiger partial charge in [0.15, 0.2) is 0 Å². The molecule has 1 rings (SSSR count). The lowest BCUT2D eigenvalue weighted by atomic mass is 10.2. The Balaban J connectivity index is 2.07. The van der Waals surface area contributed by atoms with Gasteiger partial charge < -0.3 is 20.1 Å². The zero-order valence-electron chi connectivity index (χ0n) is 9.41. The normalized spacial score (nSPS) is 21.7. The smallest absolute Gasteiger partial charge is 0.239 e. The largest absolute Gasteiger partial charge is 0.378 e. The first-order valence-corrected chi connectivity index (χ1v) is 5.40. The van der Waals surface area contributed by atoms with Crippen LogP contribution < -0.4 is 10.6 Å². The van der Waals surface area contributed by atoms with Crippen LogP contribution in [-0.2, 0) is 14.3 Å². The van der Waals surface area contributed by atoms with Crippen LogP contribution in [0.2, 0.25) is 0 Å². The Morgan fingerprint density at radius 3 is 3.07 bits per heavy atom. The van der Waals surface area contributed by atoms with Crippen molar-refractivity contribution in [3.8, 4) is 0 Å². The predicted octanol–water partition coefficient (Wildman–Crippen LogP) is -0.484. The van der Waals surface area contributed by atoms with Crippen LogP contribution in [0.5, 0.6) is 0 Å². The minimum Gasteiger partial charge on any atom is -0.378 e. The number of morpholine rings is 1. The van der Waals surface area contributed by atoms with Crippen LogP contribution in [0.25, 0.3) is 0 Å². The van der Waals surface area contributed by atoms with E-state index < -0.39 is 0 Å². The van der Waals surface area contributed by atoms with E-state index in [1.54, 1.807) is 0 Å². The number of carbonyl (C=O) groups is 1. The fraction of sp³-hybridized carbons (Fsp3) is 0.900. The number of carbonyl (C=O) groups excluding carboxylic acids is 1. The van der Waals surface area contributed by atoms with E-state index in [1.165, 1.54) is 0 Å². The van der Waals surface area contributed by atoms with Gasteiger partial charge in [-0.15, -0.1) is 0 Å². The summed E-state index contributed by atoms with van der Waals surface area (Å²) in [4.78, 5) is 11.5. The molecule has 0 aromatic carbocycles. The van der Waals surface area contributed by atoms with Gasteiger partial charge in [0.2, 0.25) is 5.91 Å². The molecule has 1 saturated heterocycles. The molecule has 0 saturated carbocycles. The van der Waals surface area contributed by atoms with Crippen molar-refractivity contribution < 1.29 is 14.3 Å². The molecule has 1 aliphatic rings. The highest BCUT2D eigenvalue weighted by Gasteiger charge is 2.20. The standard InChI is InChI=1S/C10H20N2O3/c1-8(2)15-6-4-12-10(13)9-7-14-5-3-11-9/h8-9,11H,3-7H2,1-2H3,(H,12,13). The molecule has 1 amide bonds. The van der Waals surface area contributed by atoms with Crippen molar-refractivity contribution in [3.05, 3.63) is 0 Å². The minimum absolute atomic E-state index is 0.0120. The van der Waals surface area contributed by atoms with Crippen LogP contribution in [0.1, 0.15) is 13.8 Å². The van der Waals surface area contributed by atoms with E-state index in [4.69, 9.17) is 9.47 Å². The van der Waals surface area contributed by atoms with Crippen LogP contribution in [0.3, 0.4) is 0 Å². The van der Waals surface area contributed by atoms with Crippen LogP contribution in [0.4, 0.5) is 0 Å². The second-order valence-electron chi connectivity index (χ2n) is 3.79. The van der Waals surface area contributed by atoms with Crippen molar-refractivity contribution in [2.75, 3.05) is 32.9 Å². The summed E-state index contributed by atoms with van der Waals surface area (Å²) in [5.74, 6) is -0.0120. The molecular weight excluding hydrogens is 196 g/mol. The SMILES string of the molecule is CC(C)OCCNC(=O)C1COCCN1. The quantitative estimate of drug-likeness (QED) is 0.609. The van der Waals surface area contributed by atoms with Gasteiger partial charge in [-0.3, -0.25) is 4.79 Å². The van der Waals surface area contributed by atoms with Gasteiger partial charge in [-0.05, 0) is 13.8 Å². The number of ether oxygens (including phenoxy) is 2. The molecule has 0 radical (unpaired) electrons. The molecule has 1 unspecified atom stereocenters. The maximum absolute atomic E-state index is 11.5. The van der Waals surface area contributed by atoms with Gasteiger partial charge in [0.05, 0.1) is 25.9 Å². The molecule has 1 heterocycles. The second kappa shape index (κ2) is 6.76. The summed E-state index contributed by atoms with van der Waals surface area (Å²) in [6, 6.07) is -0.210. The van der Waals surface area contributed by atoms with Crippen molar-refractivity contribution >= 4 is 5.91 Å². The van der Waals surface area contributed by atoms with E-state index in [0.717, 1.165) is 6.54 Å². The number of amides is 1. The maximum atomic E-state index is 11.5. The highest BCUT2D eigenvalue weighted by molar-refractivity contribution is 5.81. The molecule has 5 nitrogen and oxygen atoms in total. The zero-order valence-corrected chi connectivity index (χ0v) is 9.41. The summed E-state index contributed by atoms with van der Waals surface area (Å²) < 4.78 is 10.5. The van der Waals surface area contributed by atoms with Crippen molar-refractivity contribution in [1.82, 2.24) is 10.6 Å². The first-order chi connectivity index (χ1) is 7.20. The monoisotopic (exact) mass is 216 g/mol. The Morgan fingerprint density at radius 1 is 1.67 bits per heavy atom. The molecule has 1 fully saturated rings. The van der Waals surface area contributed by atoms with E-state index in [9.17, 15) is 4.79 Å². The van der Waals surface area contributed by atoms with Crippen molar-refractivity contribution in [2.45, 2.75) is 26.0 Å². The first-order valence-electron chi connectivity index (χ1n) is 5.40. The van der Waals surface area contributed by atoms with Crippen molar-refractivity contribution in [1.29, 1.82) is 0 Å². The predicted molar refractivity (Wildman–Crippen MR) is 56.7 cm³/mol. The highest BCUT2D eigenvalue weighted by Crippen LogP contribution is 1.92. The Kier molecular flexibility index (Phi) is 5.60. The highest BCUT2D eigenvalue weighted by atomic mass is 16.5. The van der Waals surface area contributed by atoms with Gasteiger partial charge >= 0.3 is 0 Å². The molecule has 2 N–H and O–H groups in total. The molecule has 0 spiro atoms. The van der Waals surface area contributed by atoms with Gasteiger partial charge in [-0.2, -0.15) is 0 Å². The van der Waals surface area contributed by atoms with Crippen molar-refractivity contribution in [2.24, 2.45) is 0 Å². The van der Waals surface area contributed by atoms with E-state index in [-0.39, 0.29) is 18.1 Å². The molecule has 1 aliphatic heterocycles. The molecule has 0 aliphatic carbocycles. The molecule has 5 heteroatoms. The van der Waals surface area contributed by atoms with E-state index in [1.807, 2.05) is 13.8 Å². The summed E-state index contributed by atoms with van der Waals surface area (Å²) in [5, 5.41) is 5.89. The number of nitrogens with one attached hydrogen (secondary N) is 2. The average molecular weight is 216 g/mol.